The lowest BCUT2D eigenvalue weighted by Gasteiger charge is -2.20. The Morgan fingerprint density at radius 3 is 2.65 bits per heavy atom. The van der Waals surface area contributed by atoms with Gasteiger partial charge in [0, 0.05) is 31.8 Å². The first kappa shape index (κ1) is 12.1. The molecule has 0 amide bonds. The molecule has 2 rings (SSSR count). The number of nitrogens with zero attached hydrogens (tertiary/aromatic N) is 1. The van der Waals surface area contributed by atoms with Crippen molar-refractivity contribution in [2.45, 2.75) is 6.42 Å². The Bertz CT molecular complexity index is 388. The van der Waals surface area contributed by atoms with Gasteiger partial charge >= 0.3 is 0 Å². The molecule has 1 aromatic rings. The Morgan fingerprint density at radius 1 is 1.41 bits per heavy atom. The summed E-state index contributed by atoms with van der Waals surface area (Å²) in [6.07, 6.45) is 0.886. The van der Waals surface area contributed by atoms with Gasteiger partial charge in [0.15, 0.2) is 11.6 Å². The monoisotopic (exact) mass is 242 g/mol. The van der Waals surface area contributed by atoms with Crippen molar-refractivity contribution in [2.24, 2.45) is 5.92 Å². The highest BCUT2D eigenvalue weighted by molar-refractivity contribution is 5.56. The minimum absolute atomic E-state index is 0.0257. The number of ether oxygens (including phenoxy) is 1. The van der Waals surface area contributed by atoms with E-state index in [1.807, 2.05) is 0 Å². The van der Waals surface area contributed by atoms with Gasteiger partial charge in [-0.05, 0) is 18.6 Å². The maximum absolute atomic E-state index is 13.7. The van der Waals surface area contributed by atoms with Crippen LogP contribution in [0.15, 0.2) is 12.1 Å². The molecule has 94 valence electrons. The van der Waals surface area contributed by atoms with Crippen LogP contribution in [0.4, 0.5) is 20.2 Å². The van der Waals surface area contributed by atoms with Crippen LogP contribution >= 0.6 is 0 Å². The zero-order valence-electron chi connectivity index (χ0n) is 9.75. The molecule has 1 heterocycles. The summed E-state index contributed by atoms with van der Waals surface area (Å²) in [5.41, 5.74) is 5.52. The third-order valence-corrected chi connectivity index (χ3v) is 3.04. The van der Waals surface area contributed by atoms with Gasteiger partial charge in [-0.1, -0.05) is 0 Å². The molecule has 1 saturated heterocycles. The largest absolute Gasteiger partial charge is 0.399 e. The molecule has 1 aliphatic heterocycles. The fourth-order valence-corrected chi connectivity index (χ4v) is 2.29. The number of nitrogen functional groups attached to an aromatic ring is 1. The normalized spacial score (nSPS) is 19.9. The number of methoxy groups -OCH3 is 1. The van der Waals surface area contributed by atoms with Crippen molar-refractivity contribution < 1.29 is 13.5 Å². The molecular formula is C12H16F2N2O. The van der Waals surface area contributed by atoms with Gasteiger partial charge in [0.2, 0.25) is 0 Å². The van der Waals surface area contributed by atoms with Crippen LogP contribution in [0, 0.1) is 17.6 Å². The van der Waals surface area contributed by atoms with Crippen molar-refractivity contribution in [3.8, 4) is 0 Å². The van der Waals surface area contributed by atoms with E-state index >= 15 is 0 Å². The summed E-state index contributed by atoms with van der Waals surface area (Å²) < 4.78 is 32.4. The topological polar surface area (TPSA) is 38.5 Å². The number of nitrogens with two attached hydrogens (primary N) is 1. The van der Waals surface area contributed by atoms with Gasteiger partial charge in [-0.2, -0.15) is 0 Å². The van der Waals surface area contributed by atoms with Crippen molar-refractivity contribution in [1.82, 2.24) is 0 Å². The van der Waals surface area contributed by atoms with Crippen molar-refractivity contribution in [3.63, 3.8) is 0 Å². The molecule has 1 aromatic carbocycles. The van der Waals surface area contributed by atoms with E-state index in [1.165, 1.54) is 0 Å². The molecule has 3 nitrogen and oxygen atoms in total. The third-order valence-electron chi connectivity index (χ3n) is 3.04. The summed E-state index contributed by atoms with van der Waals surface area (Å²) in [6.45, 7) is 1.88. The van der Waals surface area contributed by atoms with Crippen molar-refractivity contribution in [1.29, 1.82) is 0 Å². The van der Waals surface area contributed by atoms with Crippen LogP contribution < -0.4 is 10.6 Å². The van der Waals surface area contributed by atoms with Crippen LogP contribution in [0.5, 0.6) is 0 Å². The van der Waals surface area contributed by atoms with E-state index in [-0.39, 0.29) is 11.4 Å². The number of benzene rings is 1. The van der Waals surface area contributed by atoms with E-state index < -0.39 is 11.6 Å². The zero-order valence-corrected chi connectivity index (χ0v) is 9.75. The molecular weight excluding hydrogens is 226 g/mol. The number of anilines is 2. The summed E-state index contributed by atoms with van der Waals surface area (Å²) in [5.74, 6) is -0.863. The molecule has 1 unspecified atom stereocenters. The molecule has 0 spiro atoms. The van der Waals surface area contributed by atoms with Crippen LogP contribution in [-0.2, 0) is 4.74 Å². The number of halogens is 2. The number of hydrogen-bond donors (Lipinski definition) is 1. The highest BCUT2D eigenvalue weighted by Crippen LogP contribution is 2.30. The standard InChI is InChI=1S/C12H16F2N2O/c1-17-7-8-2-3-16(6-8)12-10(13)4-9(15)5-11(12)14/h4-5,8H,2-3,6-7,15H2,1H3. The molecule has 2 N–H and O–H groups in total. The summed E-state index contributed by atoms with van der Waals surface area (Å²) in [5, 5.41) is 0. The summed E-state index contributed by atoms with van der Waals surface area (Å²) in [6, 6.07) is 2.31. The lowest BCUT2D eigenvalue weighted by atomic mass is 10.1. The van der Waals surface area contributed by atoms with Crippen LogP contribution in [0.1, 0.15) is 6.42 Å². The smallest absolute Gasteiger partial charge is 0.151 e. The third kappa shape index (κ3) is 2.49. The van der Waals surface area contributed by atoms with Crippen molar-refractivity contribution in [2.75, 3.05) is 37.4 Å². The highest BCUT2D eigenvalue weighted by Gasteiger charge is 2.26. The quantitative estimate of drug-likeness (QED) is 0.824. The lowest BCUT2D eigenvalue weighted by molar-refractivity contribution is 0.161. The highest BCUT2D eigenvalue weighted by atomic mass is 19.1. The zero-order chi connectivity index (χ0) is 12.4. The first-order valence-corrected chi connectivity index (χ1v) is 5.60. The molecule has 17 heavy (non-hydrogen) atoms. The van der Waals surface area contributed by atoms with Gasteiger partial charge in [0.25, 0.3) is 0 Å². The second-order valence-corrected chi connectivity index (χ2v) is 4.39. The first-order chi connectivity index (χ1) is 8.11. The summed E-state index contributed by atoms with van der Waals surface area (Å²) in [4.78, 5) is 1.72. The maximum Gasteiger partial charge on any atom is 0.151 e. The average molecular weight is 242 g/mol. The Labute approximate surface area is 99.2 Å². The van der Waals surface area contributed by atoms with Crippen LogP contribution in [0.25, 0.3) is 0 Å². The molecule has 1 atom stereocenters. The van der Waals surface area contributed by atoms with E-state index in [9.17, 15) is 8.78 Å². The second-order valence-electron chi connectivity index (χ2n) is 4.39. The molecule has 0 saturated carbocycles. The predicted octanol–water partition coefficient (Wildman–Crippen LogP) is 2.02. The minimum Gasteiger partial charge on any atom is -0.399 e. The average Bonchev–Trinajstić information content (AvgIpc) is 2.65. The van der Waals surface area contributed by atoms with Gasteiger partial charge in [-0.3, -0.25) is 0 Å². The van der Waals surface area contributed by atoms with Gasteiger partial charge in [-0.15, -0.1) is 0 Å². The molecule has 5 heteroatoms. The van der Waals surface area contributed by atoms with E-state index in [4.69, 9.17) is 10.5 Å². The molecule has 0 aromatic heterocycles. The molecule has 1 fully saturated rings. The Kier molecular flexibility index (Phi) is 3.47. The van der Waals surface area contributed by atoms with E-state index in [0.29, 0.717) is 25.6 Å². The molecule has 0 bridgehead atoms. The van der Waals surface area contributed by atoms with Crippen LogP contribution in [0.3, 0.4) is 0 Å². The lowest BCUT2D eigenvalue weighted by Crippen LogP contribution is -2.23. The summed E-state index contributed by atoms with van der Waals surface area (Å²) in [7, 11) is 1.63. The van der Waals surface area contributed by atoms with Crippen molar-refractivity contribution >= 4 is 11.4 Å². The molecule has 0 aliphatic carbocycles. The van der Waals surface area contributed by atoms with Gasteiger partial charge in [0.05, 0.1) is 6.61 Å². The van der Waals surface area contributed by atoms with Gasteiger partial charge < -0.3 is 15.4 Å². The van der Waals surface area contributed by atoms with Gasteiger partial charge in [0.1, 0.15) is 5.69 Å². The van der Waals surface area contributed by atoms with Crippen LogP contribution in [0.2, 0.25) is 0 Å². The van der Waals surface area contributed by atoms with E-state index in [1.54, 1.807) is 12.0 Å². The maximum atomic E-state index is 13.7. The molecule has 0 radical (unpaired) electrons. The Morgan fingerprint density at radius 2 is 2.06 bits per heavy atom. The predicted molar refractivity (Wildman–Crippen MR) is 63.0 cm³/mol. The first-order valence-electron chi connectivity index (χ1n) is 5.60. The summed E-state index contributed by atoms with van der Waals surface area (Å²) >= 11 is 0. The van der Waals surface area contributed by atoms with Gasteiger partial charge in [-0.25, -0.2) is 8.78 Å². The van der Waals surface area contributed by atoms with Crippen molar-refractivity contribution in [3.05, 3.63) is 23.8 Å². The Balaban J connectivity index is 2.19. The Hall–Kier alpha value is -1.36. The van der Waals surface area contributed by atoms with E-state index in [0.717, 1.165) is 18.6 Å². The van der Waals surface area contributed by atoms with Crippen LogP contribution in [-0.4, -0.2) is 26.8 Å². The SMILES string of the molecule is COCC1CCN(c2c(F)cc(N)cc2F)C1. The van der Waals surface area contributed by atoms with E-state index in [2.05, 4.69) is 0 Å². The fraction of sp³-hybridized carbons (Fsp3) is 0.500. The fourth-order valence-electron chi connectivity index (χ4n) is 2.29. The number of hydrogen-bond acceptors (Lipinski definition) is 3. The number of rotatable bonds is 3. The molecule has 1 aliphatic rings. The minimum atomic E-state index is -0.597. The second kappa shape index (κ2) is 4.87.